The van der Waals surface area contributed by atoms with Crippen molar-refractivity contribution in [3.63, 3.8) is 0 Å². The van der Waals surface area contributed by atoms with Gasteiger partial charge in [-0.1, -0.05) is 54.1 Å². The predicted octanol–water partition coefficient (Wildman–Crippen LogP) is 3.23. The number of nitrogens with one attached hydrogen (secondary N) is 1. The van der Waals surface area contributed by atoms with Crippen LogP contribution in [-0.4, -0.2) is 12.5 Å². The molecule has 23 heavy (non-hydrogen) atoms. The molecule has 0 aliphatic heterocycles. The zero-order chi connectivity index (χ0) is 16.2. The molecule has 0 spiro atoms. The smallest absolute Gasteiger partial charge is 0.241 e. The van der Waals surface area contributed by atoms with E-state index in [9.17, 15) is 4.79 Å². The zero-order valence-corrected chi connectivity index (χ0v) is 13.6. The Morgan fingerprint density at radius 2 is 1.96 bits per heavy atom. The normalized spacial score (nSPS) is 18.1. The van der Waals surface area contributed by atoms with Crippen molar-refractivity contribution in [2.75, 3.05) is 6.54 Å². The number of amides is 1. The molecule has 3 nitrogen and oxygen atoms in total. The van der Waals surface area contributed by atoms with Crippen molar-refractivity contribution in [3.8, 4) is 0 Å². The summed E-state index contributed by atoms with van der Waals surface area (Å²) in [6, 6.07) is 15.8. The second-order valence-corrected chi connectivity index (χ2v) is 6.42. The van der Waals surface area contributed by atoms with Crippen molar-refractivity contribution in [3.05, 3.63) is 70.8 Å². The number of fused-ring (bicyclic) bond motifs is 1. The Kier molecular flexibility index (Phi) is 4.77. The van der Waals surface area contributed by atoms with Gasteiger partial charge in [0.05, 0.1) is 0 Å². The van der Waals surface area contributed by atoms with Crippen molar-refractivity contribution in [1.82, 2.24) is 5.32 Å². The maximum Gasteiger partial charge on any atom is 0.241 e. The quantitative estimate of drug-likeness (QED) is 0.911. The largest absolute Gasteiger partial charge is 0.354 e. The Hall–Kier alpha value is -2.13. The number of aryl methyl sites for hydroxylation is 2. The maximum atomic E-state index is 12.3. The average Bonchev–Trinajstić information content (AvgIpc) is 2.59. The summed E-state index contributed by atoms with van der Waals surface area (Å²) < 4.78 is 0. The SMILES string of the molecule is Cc1ccc(C(N)C(=O)NCC2CCCc3ccccc32)cc1. The van der Waals surface area contributed by atoms with E-state index in [1.807, 2.05) is 31.2 Å². The molecule has 1 aliphatic carbocycles. The van der Waals surface area contributed by atoms with Crippen LogP contribution in [0.2, 0.25) is 0 Å². The molecule has 3 N–H and O–H groups in total. The molecule has 120 valence electrons. The molecule has 0 saturated carbocycles. The van der Waals surface area contributed by atoms with Crippen molar-refractivity contribution in [1.29, 1.82) is 0 Å². The first kappa shape index (κ1) is 15.8. The Morgan fingerprint density at radius 3 is 2.74 bits per heavy atom. The lowest BCUT2D eigenvalue weighted by Gasteiger charge is -2.26. The molecule has 0 radical (unpaired) electrons. The molecule has 2 aromatic carbocycles. The summed E-state index contributed by atoms with van der Waals surface area (Å²) in [5.74, 6) is 0.297. The van der Waals surface area contributed by atoms with E-state index in [0.29, 0.717) is 12.5 Å². The van der Waals surface area contributed by atoms with Crippen molar-refractivity contribution < 1.29 is 4.79 Å². The van der Waals surface area contributed by atoms with Gasteiger partial charge in [0.1, 0.15) is 6.04 Å². The molecule has 1 amide bonds. The monoisotopic (exact) mass is 308 g/mol. The van der Waals surface area contributed by atoms with Gasteiger partial charge >= 0.3 is 0 Å². The van der Waals surface area contributed by atoms with E-state index in [2.05, 4.69) is 29.6 Å². The molecule has 2 aromatic rings. The molecule has 0 bridgehead atoms. The lowest BCUT2D eigenvalue weighted by molar-refractivity contribution is -0.122. The van der Waals surface area contributed by atoms with E-state index in [1.165, 1.54) is 23.1 Å². The van der Waals surface area contributed by atoms with Crippen LogP contribution in [0, 0.1) is 6.92 Å². The number of carbonyl (C=O) groups is 1. The van der Waals surface area contributed by atoms with Gasteiger partial charge in [0.15, 0.2) is 0 Å². The van der Waals surface area contributed by atoms with E-state index in [1.54, 1.807) is 0 Å². The Morgan fingerprint density at radius 1 is 1.22 bits per heavy atom. The number of benzene rings is 2. The molecule has 2 unspecified atom stereocenters. The van der Waals surface area contributed by atoms with Gasteiger partial charge in [0.2, 0.25) is 5.91 Å². The van der Waals surface area contributed by atoms with Crippen LogP contribution >= 0.6 is 0 Å². The fourth-order valence-corrected chi connectivity index (χ4v) is 3.33. The highest BCUT2D eigenvalue weighted by Crippen LogP contribution is 2.30. The second kappa shape index (κ2) is 6.97. The van der Waals surface area contributed by atoms with Crippen LogP contribution in [0.3, 0.4) is 0 Å². The summed E-state index contributed by atoms with van der Waals surface area (Å²) in [7, 11) is 0. The first-order valence-corrected chi connectivity index (χ1v) is 8.33. The van der Waals surface area contributed by atoms with Gasteiger partial charge in [0, 0.05) is 12.5 Å². The highest BCUT2D eigenvalue weighted by molar-refractivity contribution is 5.83. The first-order valence-electron chi connectivity index (χ1n) is 8.33. The van der Waals surface area contributed by atoms with Crippen LogP contribution in [-0.2, 0) is 11.2 Å². The summed E-state index contributed by atoms with van der Waals surface area (Å²) >= 11 is 0. The van der Waals surface area contributed by atoms with Crippen LogP contribution in [0.25, 0.3) is 0 Å². The van der Waals surface area contributed by atoms with Crippen LogP contribution in [0.5, 0.6) is 0 Å². The van der Waals surface area contributed by atoms with E-state index in [0.717, 1.165) is 18.4 Å². The third-order valence-corrected chi connectivity index (χ3v) is 4.74. The van der Waals surface area contributed by atoms with Crippen LogP contribution < -0.4 is 11.1 Å². The van der Waals surface area contributed by atoms with Gasteiger partial charge in [-0.05, 0) is 42.9 Å². The highest BCUT2D eigenvalue weighted by Gasteiger charge is 2.22. The third kappa shape index (κ3) is 3.62. The number of carbonyl (C=O) groups excluding carboxylic acids is 1. The number of nitrogens with two attached hydrogens (primary N) is 1. The fourth-order valence-electron chi connectivity index (χ4n) is 3.33. The molecule has 1 aliphatic rings. The summed E-state index contributed by atoms with van der Waals surface area (Å²) in [6.45, 7) is 2.69. The lowest BCUT2D eigenvalue weighted by atomic mass is 9.83. The standard InChI is InChI=1S/C20H24N2O/c1-14-9-11-16(12-10-14)19(21)20(23)22-13-17-7-4-6-15-5-2-3-8-18(15)17/h2-3,5,8-12,17,19H,4,6-7,13,21H2,1H3,(H,22,23). The molecule has 3 rings (SSSR count). The van der Waals surface area contributed by atoms with Crippen molar-refractivity contribution >= 4 is 5.91 Å². The van der Waals surface area contributed by atoms with E-state index < -0.39 is 6.04 Å². The number of rotatable bonds is 4. The minimum atomic E-state index is -0.602. The third-order valence-electron chi connectivity index (χ3n) is 4.74. The summed E-state index contributed by atoms with van der Waals surface area (Å²) in [5, 5.41) is 3.04. The maximum absolute atomic E-state index is 12.3. The first-order chi connectivity index (χ1) is 11.1. The summed E-state index contributed by atoms with van der Waals surface area (Å²) in [6.07, 6.45) is 3.45. The average molecular weight is 308 g/mol. The topological polar surface area (TPSA) is 55.1 Å². The zero-order valence-electron chi connectivity index (χ0n) is 13.6. The summed E-state index contributed by atoms with van der Waals surface area (Å²) in [4.78, 5) is 12.3. The van der Waals surface area contributed by atoms with E-state index >= 15 is 0 Å². The Bertz CT molecular complexity index is 678. The van der Waals surface area contributed by atoms with Gasteiger partial charge in [-0.15, -0.1) is 0 Å². The number of hydrogen-bond donors (Lipinski definition) is 2. The molecular formula is C20H24N2O. The van der Waals surface area contributed by atoms with Crippen molar-refractivity contribution in [2.45, 2.75) is 38.1 Å². The van der Waals surface area contributed by atoms with Crippen LogP contribution in [0.1, 0.15) is 47.1 Å². The highest BCUT2D eigenvalue weighted by atomic mass is 16.2. The molecule has 3 heteroatoms. The van der Waals surface area contributed by atoms with E-state index in [4.69, 9.17) is 5.73 Å². The van der Waals surface area contributed by atoms with Crippen LogP contribution in [0.4, 0.5) is 0 Å². The molecule has 0 saturated heterocycles. The molecule has 0 aromatic heterocycles. The lowest BCUT2D eigenvalue weighted by Crippen LogP contribution is -2.37. The van der Waals surface area contributed by atoms with Gasteiger partial charge in [-0.25, -0.2) is 0 Å². The molecule has 0 fully saturated rings. The minimum absolute atomic E-state index is 0.100. The predicted molar refractivity (Wildman–Crippen MR) is 93.2 cm³/mol. The van der Waals surface area contributed by atoms with Crippen LogP contribution in [0.15, 0.2) is 48.5 Å². The van der Waals surface area contributed by atoms with Gasteiger partial charge in [0.25, 0.3) is 0 Å². The van der Waals surface area contributed by atoms with Gasteiger partial charge in [-0.3, -0.25) is 4.79 Å². The molecule has 2 atom stereocenters. The van der Waals surface area contributed by atoms with Gasteiger partial charge < -0.3 is 11.1 Å². The summed E-state index contributed by atoms with van der Waals surface area (Å²) in [5.41, 5.74) is 10.9. The van der Waals surface area contributed by atoms with Crippen molar-refractivity contribution in [2.24, 2.45) is 5.73 Å². The fraction of sp³-hybridized carbons (Fsp3) is 0.350. The molecule has 0 heterocycles. The Labute approximate surface area is 137 Å². The van der Waals surface area contributed by atoms with E-state index in [-0.39, 0.29) is 5.91 Å². The second-order valence-electron chi connectivity index (χ2n) is 6.42. The minimum Gasteiger partial charge on any atom is -0.354 e. The van der Waals surface area contributed by atoms with Gasteiger partial charge in [-0.2, -0.15) is 0 Å². The molecular weight excluding hydrogens is 284 g/mol. The Balaban J connectivity index is 1.62. The number of hydrogen-bond acceptors (Lipinski definition) is 2.